The summed E-state index contributed by atoms with van der Waals surface area (Å²) in [6.45, 7) is 3.71. The molecule has 22 heavy (non-hydrogen) atoms. The summed E-state index contributed by atoms with van der Waals surface area (Å²) in [4.78, 5) is 12.1. The Morgan fingerprint density at radius 1 is 1.41 bits per heavy atom. The predicted octanol–water partition coefficient (Wildman–Crippen LogP) is 1.37. The highest BCUT2D eigenvalue weighted by Crippen LogP contribution is 2.29. The molecule has 1 amide bonds. The number of hydrogen-bond donors (Lipinski definition) is 3. The number of nitrogens with one attached hydrogen (secondary N) is 1. The molecule has 1 rings (SSSR count). The van der Waals surface area contributed by atoms with Crippen LogP contribution in [0.4, 0.5) is 0 Å². The first-order valence-electron chi connectivity index (χ1n) is 7.32. The largest absolute Gasteiger partial charge is 0.497 e. The molecule has 6 nitrogen and oxygen atoms in total. The van der Waals surface area contributed by atoms with Crippen LogP contribution in [0.25, 0.3) is 0 Å². The van der Waals surface area contributed by atoms with E-state index in [1.54, 1.807) is 32.2 Å². The van der Waals surface area contributed by atoms with Gasteiger partial charge in [-0.05, 0) is 31.5 Å². The van der Waals surface area contributed by atoms with Crippen LogP contribution in [0.3, 0.4) is 0 Å². The topological polar surface area (TPSA) is 93.8 Å². The summed E-state index contributed by atoms with van der Waals surface area (Å²) in [5, 5.41) is 13.0. The van der Waals surface area contributed by atoms with Crippen molar-refractivity contribution in [1.29, 1.82) is 0 Å². The number of ether oxygens (including phenoxy) is 2. The number of rotatable bonds is 8. The smallest absolute Gasteiger partial charge is 0.239 e. The SMILES string of the molecule is CCCC(C)(N)C(=O)NCC(O)c1cc(OC)ccc1OC. The van der Waals surface area contributed by atoms with Gasteiger partial charge in [-0.2, -0.15) is 0 Å². The van der Waals surface area contributed by atoms with E-state index >= 15 is 0 Å². The molecule has 0 bridgehead atoms. The second-order valence-electron chi connectivity index (χ2n) is 5.50. The molecule has 0 radical (unpaired) electrons. The number of hydrogen-bond acceptors (Lipinski definition) is 5. The standard InChI is InChI=1S/C16H26N2O4/c1-5-8-16(2,17)15(20)18-10-13(19)12-9-11(21-3)6-7-14(12)22-4/h6-7,9,13,19H,5,8,10,17H2,1-4H3,(H,18,20). The van der Waals surface area contributed by atoms with Crippen molar-refractivity contribution in [3.8, 4) is 11.5 Å². The summed E-state index contributed by atoms with van der Waals surface area (Å²) in [6, 6.07) is 5.14. The van der Waals surface area contributed by atoms with Gasteiger partial charge in [0.15, 0.2) is 0 Å². The summed E-state index contributed by atoms with van der Waals surface area (Å²) >= 11 is 0. The zero-order valence-electron chi connectivity index (χ0n) is 13.7. The van der Waals surface area contributed by atoms with Gasteiger partial charge in [0, 0.05) is 12.1 Å². The zero-order chi connectivity index (χ0) is 16.8. The molecule has 124 valence electrons. The summed E-state index contributed by atoms with van der Waals surface area (Å²) in [5.74, 6) is 0.859. The lowest BCUT2D eigenvalue weighted by Crippen LogP contribution is -2.52. The fourth-order valence-electron chi connectivity index (χ4n) is 2.23. The van der Waals surface area contributed by atoms with Gasteiger partial charge in [0.05, 0.1) is 25.9 Å². The monoisotopic (exact) mass is 310 g/mol. The predicted molar refractivity (Wildman–Crippen MR) is 85.0 cm³/mol. The van der Waals surface area contributed by atoms with Gasteiger partial charge in [0.2, 0.25) is 5.91 Å². The molecule has 0 aliphatic rings. The number of nitrogens with two attached hydrogens (primary N) is 1. The maximum atomic E-state index is 12.1. The van der Waals surface area contributed by atoms with Crippen LogP contribution in [0.15, 0.2) is 18.2 Å². The van der Waals surface area contributed by atoms with Gasteiger partial charge < -0.3 is 25.6 Å². The highest BCUT2D eigenvalue weighted by Gasteiger charge is 2.27. The molecule has 0 spiro atoms. The van der Waals surface area contributed by atoms with E-state index < -0.39 is 11.6 Å². The number of carbonyl (C=O) groups excluding carboxylic acids is 1. The number of aliphatic hydroxyl groups is 1. The second kappa shape index (κ2) is 8.00. The Bertz CT molecular complexity index is 503. The van der Waals surface area contributed by atoms with Gasteiger partial charge in [-0.25, -0.2) is 0 Å². The average Bonchev–Trinajstić information content (AvgIpc) is 2.51. The van der Waals surface area contributed by atoms with Crippen molar-refractivity contribution < 1.29 is 19.4 Å². The highest BCUT2D eigenvalue weighted by atomic mass is 16.5. The van der Waals surface area contributed by atoms with Gasteiger partial charge in [-0.15, -0.1) is 0 Å². The quantitative estimate of drug-likeness (QED) is 0.674. The minimum absolute atomic E-state index is 0.0544. The first-order chi connectivity index (χ1) is 10.4. The highest BCUT2D eigenvalue weighted by molar-refractivity contribution is 5.85. The number of amides is 1. The molecule has 1 aromatic carbocycles. The van der Waals surface area contributed by atoms with Crippen molar-refractivity contribution in [2.75, 3.05) is 20.8 Å². The van der Waals surface area contributed by atoms with Crippen molar-refractivity contribution >= 4 is 5.91 Å². The van der Waals surface area contributed by atoms with Crippen LogP contribution < -0.4 is 20.5 Å². The third kappa shape index (κ3) is 4.61. The normalized spacial score (nSPS) is 14.8. The van der Waals surface area contributed by atoms with E-state index in [-0.39, 0.29) is 12.5 Å². The Morgan fingerprint density at radius 3 is 2.64 bits per heavy atom. The van der Waals surface area contributed by atoms with Crippen molar-refractivity contribution in [3.63, 3.8) is 0 Å². The molecule has 2 unspecified atom stereocenters. The Morgan fingerprint density at radius 2 is 2.09 bits per heavy atom. The summed E-state index contributed by atoms with van der Waals surface area (Å²) in [6.07, 6.45) is 0.482. The van der Waals surface area contributed by atoms with E-state index in [1.807, 2.05) is 6.92 Å². The summed E-state index contributed by atoms with van der Waals surface area (Å²) in [7, 11) is 3.07. The van der Waals surface area contributed by atoms with E-state index in [1.165, 1.54) is 7.11 Å². The second-order valence-corrected chi connectivity index (χ2v) is 5.50. The molecule has 0 aromatic heterocycles. The molecule has 2 atom stereocenters. The molecule has 6 heteroatoms. The van der Waals surface area contributed by atoms with Gasteiger partial charge in [0.1, 0.15) is 11.5 Å². The van der Waals surface area contributed by atoms with E-state index in [0.29, 0.717) is 23.5 Å². The van der Waals surface area contributed by atoms with Crippen molar-refractivity contribution in [2.45, 2.75) is 38.3 Å². The number of benzene rings is 1. The van der Waals surface area contributed by atoms with E-state index in [2.05, 4.69) is 5.32 Å². The average molecular weight is 310 g/mol. The van der Waals surface area contributed by atoms with Crippen LogP contribution in [-0.4, -0.2) is 37.3 Å². The van der Waals surface area contributed by atoms with Crippen LogP contribution in [0.2, 0.25) is 0 Å². The van der Waals surface area contributed by atoms with E-state index in [4.69, 9.17) is 15.2 Å². The molecule has 4 N–H and O–H groups in total. The Labute approximate surface area is 131 Å². The number of methoxy groups -OCH3 is 2. The summed E-state index contributed by atoms with van der Waals surface area (Å²) < 4.78 is 10.4. The lowest BCUT2D eigenvalue weighted by Gasteiger charge is -2.24. The molecular formula is C16H26N2O4. The Kier molecular flexibility index (Phi) is 6.64. The van der Waals surface area contributed by atoms with Crippen LogP contribution in [0, 0.1) is 0 Å². The molecule has 0 aliphatic carbocycles. The van der Waals surface area contributed by atoms with Crippen LogP contribution in [-0.2, 0) is 4.79 Å². The summed E-state index contributed by atoms with van der Waals surface area (Å²) in [5.41, 5.74) is 5.57. The number of aliphatic hydroxyl groups excluding tert-OH is 1. The first kappa shape index (κ1) is 18.3. The van der Waals surface area contributed by atoms with Gasteiger partial charge in [-0.1, -0.05) is 13.3 Å². The van der Waals surface area contributed by atoms with Gasteiger partial charge in [0.25, 0.3) is 0 Å². The van der Waals surface area contributed by atoms with Crippen LogP contribution in [0.5, 0.6) is 11.5 Å². The van der Waals surface area contributed by atoms with Gasteiger partial charge in [-0.3, -0.25) is 4.79 Å². The van der Waals surface area contributed by atoms with Crippen molar-refractivity contribution in [2.24, 2.45) is 5.73 Å². The first-order valence-corrected chi connectivity index (χ1v) is 7.32. The van der Waals surface area contributed by atoms with E-state index in [9.17, 15) is 9.90 Å². The lowest BCUT2D eigenvalue weighted by atomic mass is 9.96. The van der Waals surface area contributed by atoms with Crippen LogP contribution >= 0.6 is 0 Å². The maximum Gasteiger partial charge on any atom is 0.239 e. The molecule has 0 fully saturated rings. The Hall–Kier alpha value is -1.79. The fourth-order valence-corrected chi connectivity index (χ4v) is 2.23. The van der Waals surface area contributed by atoms with Crippen molar-refractivity contribution in [1.82, 2.24) is 5.32 Å². The molecule has 0 aliphatic heterocycles. The maximum absolute atomic E-state index is 12.1. The number of carbonyl (C=O) groups is 1. The third-order valence-corrected chi connectivity index (χ3v) is 3.54. The minimum Gasteiger partial charge on any atom is -0.497 e. The molecule has 0 saturated carbocycles. The van der Waals surface area contributed by atoms with Crippen LogP contribution in [0.1, 0.15) is 38.4 Å². The van der Waals surface area contributed by atoms with Gasteiger partial charge >= 0.3 is 0 Å². The van der Waals surface area contributed by atoms with Crippen molar-refractivity contribution in [3.05, 3.63) is 23.8 Å². The minimum atomic E-state index is -0.938. The third-order valence-electron chi connectivity index (χ3n) is 3.54. The molecular weight excluding hydrogens is 284 g/mol. The molecule has 0 heterocycles. The zero-order valence-corrected chi connectivity index (χ0v) is 13.7. The van der Waals surface area contributed by atoms with E-state index in [0.717, 1.165) is 6.42 Å². The lowest BCUT2D eigenvalue weighted by molar-refractivity contribution is -0.126. The fraction of sp³-hybridized carbons (Fsp3) is 0.562. The molecule has 1 aromatic rings. The molecule has 0 saturated heterocycles. The Balaban J connectivity index is 2.77.